The van der Waals surface area contributed by atoms with Crippen molar-refractivity contribution >= 4 is 17.2 Å². The lowest BCUT2D eigenvalue weighted by Crippen LogP contribution is -2.53. The highest BCUT2D eigenvalue weighted by molar-refractivity contribution is 7.13. The number of hydrogen-bond acceptors (Lipinski definition) is 7. The molecule has 1 aromatic carbocycles. The molecule has 208 valence electrons. The summed E-state index contributed by atoms with van der Waals surface area (Å²) in [6, 6.07) is 8.89. The second-order valence-corrected chi connectivity index (χ2v) is 12.8. The van der Waals surface area contributed by atoms with Crippen LogP contribution in [0.15, 0.2) is 41.0 Å². The van der Waals surface area contributed by atoms with Crippen LogP contribution >= 0.6 is 11.3 Å². The molecule has 4 N–H and O–H groups in total. The Hall–Kier alpha value is -2.26. The van der Waals surface area contributed by atoms with Crippen molar-refractivity contribution in [1.29, 1.82) is 0 Å². The molecule has 7 nitrogen and oxygen atoms in total. The molecule has 4 rings (SSSR count). The number of aliphatic hydroxyl groups excluding tert-OH is 1. The minimum Gasteiger partial charge on any atom is -0.392 e. The number of carbonyl (C=O) groups is 1. The molecule has 1 aliphatic heterocycles. The smallest absolute Gasteiger partial charge is 0.234 e. The zero-order valence-corrected chi connectivity index (χ0v) is 24.5. The quantitative estimate of drug-likeness (QED) is 0.362. The Morgan fingerprint density at radius 3 is 2.53 bits per heavy atom. The molecular weight excluding hydrogens is 494 g/mol. The van der Waals surface area contributed by atoms with Crippen molar-refractivity contribution in [2.45, 2.75) is 84.5 Å². The number of thiazole rings is 1. The molecule has 2 aromatic rings. The van der Waals surface area contributed by atoms with E-state index in [0.29, 0.717) is 19.6 Å². The maximum atomic E-state index is 12.5. The van der Waals surface area contributed by atoms with Gasteiger partial charge in [0, 0.05) is 31.4 Å². The Labute approximate surface area is 232 Å². The summed E-state index contributed by atoms with van der Waals surface area (Å²) in [4.78, 5) is 20.5. The minimum absolute atomic E-state index is 0.00758. The number of likely N-dealkylation sites (N-methyl/N-ethyl adjacent to an activating group) is 1. The third-order valence-corrected chi connectivity index (χ3v) is 8.86. The Balaban J connectivity index is 1.51. The number of nitrogens with one attached hydrogen (secondary N) is 3. The third kappa shape index (κ3) is 7.23. The lowest BCUT2D eigenvalue weighted by molar-refractivity contribution is -0.121. The number of allylic oxidation sites excluding steroid dienone is 1. The minimum atomic E-state index is -0.366. The Morgan fingerprint density at radius 1 is 1.21 bits per heavy atom. The lowest BCUT2D eigenvalue weighted by Gasteiger charge is -2.37. The van der Waals surface area contributed by atoms with Crippen molar-refractivity contribution < 1.29 is 9.90 Å². The Kier molecular flexibility index (Phi) is 9.63. The monoisotopic (exact) mass is 539 g/mol. The van der Waals surface area contributed by atoms with E-state index in [1.165, 1.54) is 40.1 Å². The molecule has 1 amide bonds. The average molecular weight is 540 g/mol. The molecule has 2 fully saturated rings. The van der Waals surface area contributed by atoms with Crippen LogP contribution in [0.25, 0.3) is 10.4 Å². The van der Waals surface area contributed by atoms with Crippen LogP contribution in [0.3, 0.4) is 0 Å². The molecule has 0 radical (unpaired) electrons. The van der Waals surface area contributed by atoms with E-state index in [1.54, 1.807) is 18.4 Å². The summed E-state index contributed by atoms with van der Waals surface area (Å²) in [5, 5.41) is 20.8. The number of β-amino-alcohol motifs (C(OH)–C–C–N with tert-alkyl or cyclic N) is 1. The zero-order chi connectivity index (χ0) is 27.3. The molecule has 3 atom stereocenters. The van der Waals surface area contributed by atoms with Gasteiger partial charge in [-0.05, 0) is 68.2 Å². The van der Waals surface area contributed by atoms with E-state index < -0.39 is 0 Å². The molecule has 38 heavy (non-hydrogen) atoms. The molecular formula is C30H45N5O2S. The van der Waals surface area contributed by atoms with Gasteiger partial charge in [-0.15, -0.1) is 11.3 Å². The van der Waals surface area contributed by atoms with Crippen LogP contribution in [0.4, 0.5) is 0 Å². The second-order valence-electron chi connectivity index (χ2n) is 11.9. The summed E-state index contributed by atoms with van der Waals surface area (Å²) in [5.74, 6) is 0.00758. The van der Waals surface area contributed by atoms with Crippen molar-refractivity contribution in [2.24, 2.45) is 5.41 Å². The van der Waals surface area contributed by atoms with Crippen molar-refractivity contribution in [3.63, 3.8) is 0 Å². The molecule has 8 heteroatoms. The number of benzene rings is 1. The maximum absolute atomic E-state index is 12.5. The van der Waals surface area contributed by atoms with Crippen molar-refractivity contribution in [3.05, 3.63) is 52.3 Å². The summed E-state index contributed by atoms with van der Waals surface area (Å²) < 4.78 is 0. The first-order chi connectivity index (χ1) is 18.2. The van der Waals surface area contributed by atoms with Crippen LogP contribution in [-0.4, -0.2) is 65.8 Å². The van der Waals surface area contributed by atoms with Gasteiger partial charge in [0.05, 0.1) is 34.8 Å². The summed E-state index contributed by atoms with van der Waals surface area (Å²) >= 11 is 1.68. The fraction of sp³-hybridized carbons (Fsp3) is 0.600. The van der Waals surface area contributed by atoms with Crippen molar-refractivity contribution in [2.75, 3.05) is 26.7 Å². The molecule has 0 unspecified atom stereocenters. The number of nitrogens with zero attached hydrogens (tertiary/aromatic N) is 2. The fourth-order valence-electron chi connectivity index (χ4n) is 5.66. The van der Waals surface area contributed by atoms with Crippen molar-refractivity contribution in [1.82, 2.24) is 25.8 Å². The largest absolute Gasteiger partial charge is 0.392 e. The predicted octanol–water partition coefficient (Wildman–Crippen LogP) is 4.22. The summed E-state index contributed by atoms with van der Waals surface area (Å²) in [7, 11) is 1.79. The highest BCUT2D eigenvalue weighted by atomic mass is 32.1. The number of amides is 1. The zero-order valence-electron chi connectivity index (χ0n) is 23.6. The van der Waals surface area contributed by atoms with Gasteiger partial charge in [0.1, 0.15) is 0 Å². The first-order valence-corrected chi connectivity index (χ1v) is 14.8. The SMILES string of the molecule is CNCC(=O)N[C@H](CN1C[C@H](O)C[C@H]1C(NCc1ccc(-c2scnc2C)cc1)=C1CCCC1)C(C)(C)C. The van der Waals surface area contributed by atoms with Crippen LogP contribution in [0.2, 0.25) is 0 Å². The van der Waals surface area contributed by atoms with Gasteiger partial charge >= 0.3 is 0 Å². The number of aliphatic hydroxyl groups is 1. The fourth-order valence-corrected chi connectivity index (χ4v) is 6.47. The summed E-state index contributed by atoms with van der Waals surface area (Å²) in [6.45, 7) is 11.0. The maximum Gasteiger partial charge on any atom is 0.234 e. The molecule has 1 aromatic heterocycles. The van der Waals surface area contributed by atoms with Gasteiger partial charge < -0.3 is 21.1 Å². The average Bonchev–Trinajstić information content (AvgIpc) is 3.61. The summed E-state index contributed by atoms with van der Waals surface area (Å²) in [5.41, 5.74) is 8.11. The van der Waals surface area contributed by atoms with Crippen LogP contribution in [-0.2, 0) is 11.3 Å². The molecule has 2 aliphatic rings. The van der Waals surface area contributed by atoms with Crippen LogP contribution in [0.5, 0.6) is 0 Å². The van der Waals surface area contributed by atoms with Crippen LogP contribution < -0.4 is 16.0 Å². The van der Waals surface area contributed by atoms with Gasteiger partial charge in [-0.2, -0.15) is 0 Å². The van der Waals surface area contributed by atoms with E-state index in [0.717, 1.165) is 31.5 Å². The second kappa shape index (κ2) is 12.7. The first-order valence-electron chi connectivity index (χ1n) is 14.0. The van der Waals surface area contributed by atoms with E-state index >= 15 is 0 Å². The van der Waals surface area contributed by atoms with Gasteiger partial charge in [0.2, 0.25) is 5.91 Å². The van der Waals surface area contributed by atoms with Gasteiger partial charge in [-0.3, -0.25) is 9.69 Å². The van der Waals surface area contributed by atoms with E-state index in [9.17, 15) is 9.90 Å². The highest BCUT2D eigenvalue weighted by Crippen LogP contribution is 2.34. The molecule has 0 spiro atoms. The van der Waals surface area contributed by atoms with Gasteiger partial charge in [-0.1, -0.05) is 45.0 Å². The van der Waals surface area contributed by atoms with E-state index in [-0.39, 0.29) is 29.5 Å². The third-order valence-electron chi connectivity index (χ3n) is 7.88. The van der Waals surface area contributed by atoms with Gasteiger partial charge in [-0.25, -0.2) is 4.98 Å². The molecule has 1 saturated carbocycles. The van der Waals surface area contributed by atoms with E-state index in [4.69, 9.17) is 0 Å². The topological polar surface area (TPSA) is 89.5 Å². The van der Waals surface area contributed by atoms with E-state index in [1.807, 2.05) is 5.51 Å². The van der Waals surface area contributed by atoms with Gasteiger partial charge in [0.15, 0.2) is 0 Å². The predicted molar refractivity (Wildman–Crippen MR) is 156 cm³/mol. The molecule has 2 heterocycles. The normalized spacial score (nSPS) is 21.1. The first kappa shape index (κ1) is 28.7. The van der Waals surface area contributed by atoms with Gasteiger partial charge in [0.25, 0.3) is 0 Å². The number of likely N-dealkylation sites (tertiary alicyclic amines) is 1. The number of aromatic nitrogens is 1. The Morgan fingerprint density at radius 2 is 1.92 bits per heavy atom. The van der Waals surface area contributed by atoms with E-state index in [2.05, 4.69) is 77.8 Å². The molecule has 1 saturated heterocycles. The number of hydrogen-bond donors (Lipinski definition) is 4. The Bertz CT molecular complexity index is 1100. The van der Waals surface area contributed by atoms with Crippen LogP contribution in [0.1, 0.15) is 64.1 Å². The molecule has 0 bridgehead atoms. The number of rotatable bonds is 10. The summed E-state index contributed by atoms with van der Waals surface area (Å²) in [6.07, 6.45) is 5.04. The standard InChI is InChI=1S/C30H45N5O2S/c1-20-29(38-19-33-20)23-12-10-21(11-13-23)15-32-28(22-8-6-7-9-22)25-14-24(36)17-35(25)18-26(30(2,3)4)34-27(37)16-31-5/h10-13,19,24-26,31-32,36H,6-9,14-18H2,1-5H3,(H,34,37)/t24-,25+,26-/m1/s1. The number of carbonyl (C=O) groups excluding carboxylic acids is 1. The number of aryl methyl sites for hydroxylation is 1. The van der Waals surface area contributed by atoms with Crippen LogP contribution in [0, 0.1) is 12.3 Å². The molecule has 1 aliphatic carbocycles. The highest BCUT2D eigenvalue weighted by Gasteiger charge is 2.38. The lowest BCUT2D eigenvalue weighted by atomic mass is 9.86. The van der Waals surface area contributed by atoms with Crippen molar-refractivity contribution in [3.8, 4) is 10.4 Å².